The van der Waals surface area contributed by atoms with Crippen molar-refractivity contribution in [3.8, 4) is 0 Å². The van der Waals surface area contributed by atoms with Gasteiger partial charge in [0.2, 0.25) is 0 Å². The topological polar surface area (TPSA) is 24.5 Å². The van der Waals surface area contributed by atoms with Gasteiger partial charge in [-0.1, -0.05) is 40.0 Å². The summed E-state index contributed by atoms with van der Waals surface area (Å²) in [6.07, 6.45) is 7.96. The summed E-state index contributed by atoms with van der Waals surface area (Å²) in [7, 11) is 0. The molecule has 20 heavy (non-hydrogen) atoms. The predicted molar refractivity (Wildman–Crippen MR) is 85.1 cm³/mol. The average molecular weight is 282 g/mol. The fourth-order valence-corrected chi connectivity index (χ4v) is 3.87. The summed E-state index contributed by atoms with van der Waals surface area (Å²) in [5, 5.41) is 3.85. The van der Waals surface area contributed by atoms with Crippen molar-refractivity contribution in [3.05, 3.63) is 0 Å². The lowest BCUT2D eigenvalue weighted by Gasteiger charge is -2.49. The summed E-state index contributed by atoms with van der Waals surface area (Å²) in [5.41, 5.74) is 0.444. The van der Waals surface area contributed by atoms with Crippen molar-refractivity contribution in [1.29, 1.82) is 0 Å². The van der Waals surface area contributed by atoms with E-state index in [1.165, 1.54) is 45.2 Å². The van der Waals surface area contributed by atoms with Crippen LogP contribution in [0.4, 0.5) is 0 Å². The van der Waals surface area contributed by atoms with E-state index in [0.717, 1.165) is 32.1 Å². The Morgan fingerprint density at radius 1 is 1.25 bits per heavy atom. The molecule has 1 aliphatic heterocycles. The summed E-state index contributed by atoms with van der Waals surface area (Å²) in [5.74, 6) is 0.771. The molecule has 0 bridgehead atoms. The first kappa shape index (κ1) is 16.3. The lowest BCUT2D eigenvalue weighted by atomic mass is 9.87. The molecule has 0 amide bonds. The van der Waals surface area contributed by atoms with Crippen LogP contribution >= 0.6 is 0 Å². The van der Waals surface area contributed by atoms with Gasteiger partial charge in [-0.15, -0.1) is 0 Å². The highest BCUT2D eigenvalue weighted by Crippen LogP contribution is 2.37. The Kier molecular flexibility index (Phi) is 6.31. The van der Waals surface area contributed by atoms with Gasteiger partial charge in [0.15, 0.2) is 0 Å². The molecule has 2 aliphatic rings. The van der Waals surface area contributed by atoms with Gasteiger partial charge in [-0.2, -0.15) is 0 Å². The maximum absolute atomic E-state index is 5.75. The number of hydrogen-bond acceptors (Lipinski definition) is 3. The molecular formula is C17H34N2O. The third kappa shape index (κ3) is 3.75. The molecule has 0 aromatic carbocycles. The van der Waals surface area contributed by atoms with E-state index in [1.807, 2.05) is 0 Å². The van der Waals surface area contributed by atoms with Crippen molar-refractivity contribution in [3.63, 3.8) is 0 Å². The molecule has 1 heterocycles. The van der Waals surface area contributed by atoms with Crippen molar-refractivity contribution in [2.45, 2.75) is 70.9 Å². The smallest absolute Gasteiger partial charge is 0.0593 e. The lowest BCUT2D eigenvalue weighted by molar-refractivity contribution is 0.00461. The van der Waals surface area contributed by atoms with Crippen molar-refractivity contribution in [2.24, 2.45) is 5.92 Å². The van der Waals surface area contributed by atoms with Crippen LogP contribution in [0.2, 0.25) is 0 Å². The number of piperazine rings is 1. The number of nitrogens with one attached hydrogen (secondary N) is 1. The second kappa shape index (κ2) is 7.77. The minimum Gasteiger partial charge on any atom is -0.380 e. The Bertz CT molecular complexity index is 276. The van der Waals surface area contributed by atoms with E-state index < -0.39 is 0 Å². The molecular weight excluding hydrogens is 248 g/mol. The van der Waals surface area contributed by atoms with Crippen LogP contribution in [0.5, 0.6) is 0 Å². The summed E-state index contributed by atoms with van der Waals surface area (Å²) >= 11 is 0. The van der Waals surface area contributed by atoms with E-state index in [-0.39, 0.29) is 0 Å². The van der Waals surface area contributed by atoms with Crippen LogP contribution in [0.25, 0.3) is 0 Å². The Hall–Kier alpha value is -0.120. The summed E-state index contributed by atoms with van der Waals surface area (Å²) < 4.78 is 5.75. The minimum absolute atomic E-state index is 0.444. The third-order valence-corrected chi connectivity index (χ3v) is 5.50. The molecule has 1 aliphatic carbocycles. The monoisotopic (exact) mass is 282 g/mol. The maximum Gasteiger partial charge on any atom is 0.0593 e. The normalized spacial score (nSPS) is 28.1. The molecule has 3 heteroatoms. The van der Waals surface area contributed by atoms with Gasteiger partial charge in [0, 0.05) is 37.8 Å². The fraction of sp³-hybridized carbons (Fsp3) is 1.00. The number of ether oxygens (including phenoxy) is 1. The van der Waals surface area contributed by atoms with Crippen LogP contribution < -0.4 is 5.32 Å². The van der Waals surface area contributed by atoms with Crippen molar-refractivity contribution < 1.29 is 4.74 Å². The van der Waals surface area contributed by atoms with Gasteiger partial charge in [-0.05, 0) is 25.2 Å². The largest absolute Gasteiger partial charge is 0.380 e. The van der Waals surface area contributed by atoms with Crippen LogP contribution in [0.3, 0.4) is 0 Å². The first-order valence-corrected chi connectivity index (χ1v) is 8.78. The molecule has 2 atom stereocenters. The average Bonchev–Trinajstić information content (AvgIpc) is 2.94. The van der Waals surface area contributed by atoms with E-state index >= 15 is 0 Å². The van der Waals surface area contributed by atoms with Gasteiger partial charge in [0.05, 0.1) is 6.61 Å². The molecule has 0 radical (unpaired) electrons. The zero-order valence-corrected chi connectivity index (χ0v) is 13.8. The van der Waals surface area contributed by atoms with Crippen LogP contribution in [0.15, 0.2) is 0 Å². The minimum atomic E-state index is 0.444. The summed E-state index contributed by atoms with van der Waals surface area (Å²) in [6, 6.07) is 0.664. The van der Waals surface area contributed by atoms with Gasteiger partial charge in [-0.3, -0.25) is 4.90 Å². The highest BCUT2D eigenvalue weighted by molar-refractivity contribution is 5.02. The van der Waals surface area contributed by atoms with Gasteiger partial charge in [0.25, 0.3) is 0 Å². The van der Waals surface area contributed by atoms with Crippen molar-refractivity contribution in [2.75, 3.05) is 32.8 Å². The van der Waals surface area contributed by atoms with E-state index in [2.05, 4.69) is 31.0 Å². The Morgan fingerprint density at radius 2 is 2.00 bits per heavy atom. The van der Waals surface area contributed by atoms with E-state index in [0.29, 0.717) is 11.6 Å². The molecule has 2 fully saturated rings. The van der Waals surface area contributed by atoms with Crippen LogP contribution in [0, 0.1) is 5.92 Å². The SMILES string of the molecule is CCCOCCN1CC(C(C)CC)NCC12CCCC2. The van der Waals surface area contributed by atoms with Gasteiger partial charge in [-0.25, -0.2) is 0 Å². The molecule has 1 saturated heterocycles. The second-order valence-corrected chi connectivity index (χ2v) is 6.86. The Labute approximate surface area is 125 Å². The van der Waals surface area contributed by atoms with E-state index in [4.69, 9.17) is 4.74 Å². The highest BCUT2D eigenvalue weighted by atomic mass is 16.5. The summed E-state index contributed by atoms with van der Waals surface area (Å²) in [4.78, 5) is 2.77. The van der Waals surface area contributed by atoms with Crippen molar-refractivity contribution in [1.82, 2.24) is 10.2 Å². The quantitative estimate of drug-likeness (QED) is 0.726. The van der Waals surface area contributed by atoms with Crippen LogP contribution in [0.1, 0.15) is 59.3 Å². The first-order chi connectivity index (χ1) is 9.72. The van der Waals surface area contributed by atoms with Crippen LogP contribution in [-0.4, -0.2) is 49.3 Å². The predicted octanol–water partition coefficient (Wildman–Crippen LogP) is 3.05. The zero-order valence-electron chi connectivity index (χ0n) is 13.8. The molecule has 1 saturated carbocycles. The van der Waals surface area contributed by atoms with Gasteiger partial charge in [0.1, 0.15) is 0 Å². The molecule has 1 spiro atoms. The molecule has 2 unspecified atom stereocenters. The second-order valence-electron chi connectivity index (χ2n) is 6.86. The zero-order chi connectivity index (χ0) is 14.4. The van der Waals surface area contributed by atoms with E-state index in [1.54, 1.807) is 0 Å². The molecule has 0 aromatic heterocycles. The molecule has 0 aromatic rings. The molecule has 118 valence electrons. The highest BCUT2D eigenvalue weighted by Gasteiger charge is 2.43. The fourth-order valence-electron chi connectivity index (χ4n) is 3.87. The van der Waals surface area contributed by atoms with Gasteiger partial charge >= 0.3 is 0 Å². The molecule has 2 rings (SSSR count). The third-order valence-electron chi connectivity index (χ3n) is 5.50. The standard InChI is InChI=1S/C17H34N2O/c1-4-11-20-12-10-19-13-16(15(3)5-2)18-14-17(19)8-6-7-9-17/h15-16,18H,4-14H2,1-3H3. The number of hydrogen-bond donors (Lipinski definition) is 1. The Morgan fingerprint density at radius 3 is 2.65 bits per heavy atom. The lowest BCUT2D eigenvalue weighted by Crippen LogP contribution is -2.65. The maximum atomic E-state index is 5.75. The first-order valence-electron chi connectivity index (χ1n) is 8.78. The van der Waals surface area contributed by atoms with Crippen LogP contribution in [-0.2, 0) is 4.74 Å². The van der Waals surface area contributed by atoms with Gasteiger partial charge < -0.3 is 10.1 Å². The Balaban J connectivity index is 1.92. The van der Waals surface area contributed by atoms with Crippen molar-refractivity contribution >= 4 is 0 Å². The van der Waals surface area contributed by atoms with E-state index in [9.17, 15) is 0 Å². The molecule has 3 nitrogen and oxygen atoms in total. The number of rotatable bonds is 7. The summed E-state index contributed by atoms with van der Waals surface area (Å²) in [6.45, 7) is 12.2. The molecule has 1 N–H and O–H groups in total. The number of nitrogens with zero attached hydrogens (tertiary/aromatic N) is 1.